The van der Waals surface area contributed by atoms with Gasteiger partial charge in [-0.05, 0) is 12.5 Å². The van der Waals surface area contributed by atoms with E-state index in [4.69, 9.17) is 5.11 Å². The Balaban J connectivity index is 2.86. The van der Waals surface area contributed by atoms with Crippen molar-refractivity contribution in [2.24, 2.45) is 0 Å². The Morgan fingerprint density at radius 3 is 2.25 bits per heavy atom. The first-order chi connectivity index (χ1) is 5.52. The summed E-state index contributed by atoms with van der Waals surface area (Å²) >= 11 is 0. The van der Waals surface area contributed by atoms with Crippen LogP contribution in [0.3, 0.4) is 0 Å². The van der Waals surface area contributed by atoms with Crippen molar-refractivity contribution in [2.45, 2.75) is 25.6 Å². The zero-order chi connectivity index (χ0) is 9.19. The van der Waals surface area contributed by atoms with Crippen LogP contribution in [0.2, 0.25) is 0 Å². The standard InChI is InChI=1S/C10H13FO/c1-8(10(2,11)12)9-6-4-3-5-7-9/h3-8,12H,1-2H3. The fourth-order valence-corrected chi connectivity index (χ4v) is 1.05. The molecule has 1 nitrogen and oxygen atoms in total. The zero-order valence-electron chi connectivity index (χ0n) is 7.29. The summed E-state index contributed by atoms with van der Waals surface area (Å²) in [7, 11) is 0. The van der Waals surface area contributed by atoms with Crippen LogP contribution in [0.25, 0.3) is 0 Å². The average molecular weight is 168 g/mol. The van der Waals surface area contributed by atoms with E-state index < -0.39 is 11.8 Å². The highest BCUT2D eigenvalue weighted by Crippen LogP contribution is 2.28. The lowest BCUT2D eigenvalue weighted by Gasteiger charge is -2.21. The van der Waals surface area contributed by atoms with E-state index in [9.17, 15) is 4.39 Å². The van der Waals surface area contributed by atoms with E-state index in [1.54, 1.807) is 19.1 Å². The van der Waals surface area contributed by atoms with Gasteiger partial charge in [-0.3, -0.25) is 0 Å². The second-order valence-corrected chi connectivity index (χ2v) is 3.16. The Labute approximate surface area is 71.9 Å². The molecule has 0 saturated carbocycles. The van der Waals surface area contributed by atoms with Gasteiger partial charge in [0, 0.05) is 5.92 Å². The van der Waals surface area contributed by atoms with Crippen molar-refractivity contribution in [3.8, 4) is 0 Å². The molecular formula is C10H13FO. The molecule has 0 heterocycles. The molecule has 1 aromatic carbocycles. The Kier molecular flexibility index (Phi) is 2.48. The van der Waals surface area contributed by atoms with E-state index in [1.165, 1.54) is 6.92 Å². The molecule has 1 N–H and O–H groups in total. The molecule has 0 spiro atoms. The van der Waals surface area contributed by atoms with Crippen molar-refractivity contribution in [1.82, 2.24) is 0 Å². The van der Waals surface area contributed by atoms with Gasteiger partial charge in [-0.25, -0.2) is 4.39 Å². The molecular weight excluding hydrogens is 155 g/mol. The number of halogens is 1. The van der Waals surface area contributed by atoms with Crippen LogP contribution in [0.4, 0.5) is 4.39 Å². The Hall–Kier alpha value is -0.890. The van der Waals surface area contributed by atoms with Crippen molar-refractivity contribution in [1.29, 1.82) is 0 Å². The fourth-order valence-electron chi connectivity index (χ4n) is 1.05. The van der Waals surface area contributed by atoms with Gasteiger partial charge >= 0.3 is 0 Å². The Morgan fingerprint density at radius 2 is 1.83 bits per heavy atom. The van der Waals surface area contributed by atoms with Crippen LogP contribution < -0.4 is 0 Å². The van der Waals surface area contributed by atoms with Crippen molar-refractivity contribution in [2.75, 3.05) is 0 Å². The summed E-state index contributed by atoms with van der Waals surface area (Å²) in [6, 6.07) is 9.13. The molecule has 1 aromatic rings. The Morgan fingerprint density at radius 1 is 1.33 bits per heavy atom. The van der Waals surface area contributed by atoms with Gasteiger partial charge in [0.25, 0.3) is 0 Å². The van der Waals surface area contributed by atoms with Crippen molar-refractivity contribution >= 4 is 0 Å². The summed E-state index contributed by atoms with van der Waals surface area (Å²) in [5.41, 5.74) is 0.810. The molecule has 0 saturated heterocycles. The monoisotopic (exact) mass is 168 g/mol. The highest BCUT2D eigenvalue weighted by molar-refractivity contribution is 5.20. The third-order valence-corrected chi connectivity index (χ3v) is 2.09. The van der Waals surface area contributed by atoms with Gasteiger partial charge in [0.1, 0.15) is 0 Å². The highest BCUT2D eigenvalue weighted by atomic mass is 19.2. The second kappa shape index (κ2) is 3.23. The summed E-state index contributed by atoms with van der Waals surface area (Å²) in [6.45, 7) is 2.83. The second-order valence-electron chi connectivity index (χ2n) is 3.16. The van der Waals surface area contributed by atoms with E-state index in [0.29, 0.717) is 0 Å². The van der Waals surface area contributed by atoms with E-state index in [2.05, 4.69) is 0 Å². The predicted octanol–water partition coefficient (Wildman–Crippen LogP) is 2.47. The number of rotatable bonds is 2. The highest BCUT2D eigenvalue weighted by Gasteiger charge is 2.28. The molecule has 1 rings (SSSR count). The molecule has 2 heteroatoms. The smallest absolute Gasteiger partial charge is 0.210 e. The third kappa shape index (κ3) is 2.05. The fraction of sp³-hybridized carbons (Fsp3) is 0.400. The van der Waals surface area contributed by atoms with Crippen LogP contribution in [0.15, 0.2) is 30.3 Å². The number of alkyl halides is 1. The van der Waals surface area contributed by atoms with E-state index >= 15 is 0 Å². The van der Waals surface area contributed by atoms with Crippen LogP contribution in [-0.2, 0) is 0 Å². The minimum absolute atomic E-state index is 0.487. The van der Waals surface area contributed by atoms with Crippen LogP contribution in [0, 0.1) is 0 Å². The van der Waals surface area contributed by atoms with Crippen molar-refractivity contribution in [3.05, 3.63) is 35.9 Å². The average Bonchev–Trinajstić information content (AvgIpc) is 2.03. The summed E-state index contributed by atoms with van der Waals surface area (Å²) < 4.78 is 13.0. The first-order valence-corrected chi connectivity index (χ1v) is 3.98. The van der Waals surface area contributed by atoms with Crippen molar-refractivity contribution in [3.63, 3.8) is 0 Å². The maximum absolute atomic E-state index is 13.0. The molecule has 0 aliphatic heterocycles. The molecule has 0 aliphatic carbocycles. The third-order valence-electron chi connectivity index (χ3n) is 2.09. The van der Waals surface area contributed by atoms with Crippen LogP contribution in [0.1, 0.15) is 25.3 Å². The molecule has 0 bridgehead atoms. The quantitative estimate of drug-likeness (QED) is 0.719. The topological polar surface area (TPSA) is 20.2 Å². The number of hydrogen-bond donors (Lipinski definition) is 1. The first kappa shape index (κ1) is 9.20. The maximum atomic E-state index is 13.0. The van der Waals surface area contributed by atoms with Gasteiger partial charge in [0.2, 0.25) is 5.85 Å². The van der Waals surface area contributed by atoms with Gasteiger partial charge < -0.3 is 5.11 Å². The normalized spacial score (nSPS) is 18.3. The molecule has 0 amide bonds. The van der Waals surface area contributed by atoms with Crippen molar-refractivity contribution < 1.29 is 9.50 Å². The van der Waals surface area contributed by atoms with Crippen LogP contribution >= 0.6 is 0 Å². The molecule has 2 atom stereocenters. The summed E-state index contributed by atoms with van der Waals surface area (Å²) in [5.74, 6) is -2.62. The van der Waals surface area contributed by atoms with Gasteiger partial charge in [-0.1, -0.05) is 37.3 Å². The number of aliphatic hydroxyl groups is 1. The molecule has 66 valence electrons. The summed E-state index contributed by atoms with van der Waals surface area (Å²) in [4.78, 5) is 0. The lowest BCUT2D eigenvalue weighted by molar-refractivity contribution is -0.0887. The molecule has 0 radical (unpaired) electrons. The molecule has 0 aromatic heterocycles. The first-order valence-electron chi connectivity index (χ1n) is 3.98. The largest absolute Gasteiger partial charge is 0.361 e. The molecule has 0 fully saturated rings. The lowest BCUT2D eigenvalue weighted by Crippen LogP contribution is -2.24. The number of benzene rings is 1. The Bertz CT molecular complexity index is 238. The zero-order valence-corrected chi connectivity index (χ0v) is 7.29. The van der Waals surface area contributed by atoms with E-state index in [1.807, 2.05) is 18.2 Å². The number of hydrogen-bond acceptors (Lipinski definition) is 1. The lowest BCUT2D eigenvalue weighted by atomic mass is 9.95. The van der Waals surface area contributed by atoms with Gasteiger partial charge in [-0.15, -0.1) is 0 Å². The van der Waals surface area contributed by atoms with Crippen LogP contribution in [0.5, 0.6) is 0 Å². The van der Waals surface area contributed by atoms with E-state index in [-0.39, 0.29) is 0 Å². The van der Waals surface area contributed by atoms with Gasteiger partial charge in [0.15, 0.2) is 0 Å². The van der Waals surface area contributed by atoms with E-state index in [0.717, 1.165) is 5.56 Å². The summed E-state index contributed by atoms with van der Waals surface area (Å²) in [5, 5.41) is 9.07. The minimum atomic E-state index is -2.14. The summed E-state index contributed by atoms with van der Waals surface area (Å²) in [6.07, 6.45) is 0. The van der Waals surface area contributed by atoms with Crippen LogP contribution in [-0.4, -0.2) is 11.0 Å². The van der Waals surface area contributed by atoms with Gasteiger partial charge in [-0.2, -0.15) is 0 Å². The molecule has 12 heavy (non-hydrogen) atoms. The predicted molar refractivity (Wildman–Crippen MR) is 46.6 cm³/mol. The molecule has 0 aliphatic rings. The molecule has 2 unspecified atom stereocenters. The maximum Gasteiger partial charge on any atom is 0.210 e. The van der Waals surface area contributed by atoms with Gasteiger partial charge in [0.05, 0.1) is 0 Å². The SMILES string of the molecule is CC(c1ccccc1)C(C)(O)F. The minimum Gasteiger partial charge on any atom is -0.361 e.